The fourth-order valence-electron chi connectivity index (χ4n) is 3.07. The molecule has 0 unspecified atom stereocenters. The summed E-state index contributed by atoms with van der Waals surface area (Å²) in [5, 5.41) is 5.78. The van der Waals surface area contributed by atoms with Crippen LogP contribution in [-0.2, 0) is 14.3 Å². The van der Waals surface area contributed by atoms with Crippen LogP contribution < -0.4 is 10.6 Å². The summed E-state index contributed by atoms with van der Waals surface area (Å²) in [4.78, 5) is 39.0. The van der Waals surface area contributed by atoms with Crippen LogP contribution in [0.15, 0.2) is 35.5 Å². The molecule has 1 aromatic carbocycles. The summed E-state index contributed by atoms with van der Waals surface area (Å²) >= 11 is 0. The Kier molecular flexibility index (Phi) is 7.06. The molecule has 29 heavy (non-hydrogen) atoms. The van der Waals surface area contributed by atoms with Crippen LogP contribution in [0.2, 0.25) is 0 Å². The monoisotopic (exact) mass is 401 g/mol. The van der Waals surface area contributed by atoms with Gasteiger partial charge in [0.1, 0.15) is 0 Å². The second-order valence-electron chi connectivity index (χ2n) is 8.08. The largest absolute Gasteiger partial charge is 0.463 e. The minimum Gasteiger partial charge on any atom is -0.463 e. The van der Waals surface area contributed by atoms with Crippen molar-refractivity contribution in [3.63, 3.8) is 0 Å². The molecule has 0 saturated carbocycles. The van der Waals surface area contributed by atoms with Crippen LogP contribution in [0.1, 0.15) is 59.6 Å². The number of esters is 1. The lowest BCUT2D eigenvalue weighted by molar-refractivity contribution is -0.139. The van der Waals surface area contributed by atoms with Gasteiger partial charge in [0.25, 0.3) is 0 Å². The first-order chi connectivity index (χ1) is 13.6. The molecular weight excluding hydrogens is 370 g/mol. The Labute approximate surface area is 172 Å². The Morgan fingerprint density at radius 2 is 1.79 bits per heavy atom. The second kappa shape index (κ2) is 9.11. The quantitative estimate of drug-likeness (QED) is 0.706. The van der Waals surface area contributed by atoms with Gasteiger partial charge in [-0.1, -0.05) is 39.8 Å². The Morgan fingerprint density at radius 3 is 2.31 bits per heavy atom. The highest BCUT2D eigenvalue weighted by molar-refractivity contribution is 5.96. The molecule has 0 aliphatic carbocycles. The number of hydrogen-bond donors (Lipinski definition) is 2. The van der Waals surface area contributed by atoms with Gasteiger partial charge in [0.05, 0.1) is 18.2 Å². The van der Waals surface area contributed by atoms with E-state index in [0.29, 0.717) is 23.5 Å². The number of carbonyl (C=O) groups is 3. The average molecular weight is 402 g/mol. The number of allylic oxidation sites excluding steroid dienone is 1. The second-order valence-corrected chi connectivity index (χ2v) is 8.08. The van der Waals surface area contributed by atoms with Gasteiger partial charge in [0, 0.05) is 23.3 Å². The fourth-order valence-corrected chi connectivity index (χ4v) is 3.07. The van der Waals surface area contributed by atoms with Crippen molar-refractivity contribution in [2.24, 2.45) is 5.41 Å². The normalized spacial score (nSPS) is 17.1. The number of anilines is 1. The topological polar surface area (TPSA) is 87.7 Å². The number of carbonyl (C=O) groups excluding carboxylic acids is 3. The molecule has 2 rings (SSSR count). The summed E-state index contributed by atoms with van der Waals surface area (Å²) < 4.78 is 5.25. The molecule has 3 amide bonds. The first-order valence-corrected chi connectivity index (χ1v) is 9.97. The van der Waals surface area contributed by atoms with Crippen molar-refractivity contribution in [1.29, 1.82) is 0 Å². The molecule has 0 spiro atoms. The van der Waals surface area contributed by atoms with Crippen LogP contribution in [0.25, 0.3) is 0 Å². The molecule has 1 aliphatic rings. The maximum Gasteiger partial charge on any atom is 0.338 e. The van der Waals surface area contributed by atoms with E-state index in [-0.39, 0.29) is 18.5 Å². The maximum atomic E-state index is 12.7. The molecule has 158 valence electrons. The highest BCUT2D eigenvalue weighted by atomic mass is 16.5. The molecule has 1 aliphatic heterocycles. The number of nitrogens with one attached hydrogen (secondary N) is 2. The van der Waals surface area contributed by atoms with Crippen molar-refractivity contribution in [3.05, 3.63) is 41.1 Å². The van der Waals surface area contributed by atoms with Gasteiger partial charge in [-0.15, -0.1) is 0 Å². The summed E-state index contributed by atoms with van der Waals surface area (Å²) in [7, 11) is 0. The highest BCUT2D eigenvalue weighted by Crippen LogP contribution is 2.32. The van der Waals surface area contributed by atoms with Gasteiger partial charge in [-0.05, 0) is 38.0 Å². The predicted molar refractivity (Wildman–Crippen MR) is 112 cm³/mol. The van der Waals surface area contributed by atoms with Gasteiger partial charge in [0.2, 0.25) is 5.91 Å². The van der Waals surface area contributed by atoms with Gasteiger partial charge < -0.3 is 15.4 Å². The van der Waals surface area contributed by atoms with E-state index in [2.05, 4.69) is 10.6 Å². The summed E-state index contributed by atoms with van der Waals surface area (Å²) in [6.45, 7) is 11.8. The first-order valence-electron chi connectivity index (χ1n) is 9.97. The smallest absolute Gasteiger partial charge is 0.338 e. The van der Waals surface area contributed by atoms with Crippen molar-refractivity contribution >= 4 is 23.6 Å². The predicted octanol–water partition coefficient (Wildman–Crippen LogP) is 3.98. The lowest BCUT2D eigenvalue weighted by atomic mass is 9.94. The minimum atomic E-state index is -0.609. The molecule has 1 heterocycles. The number of ether oxygens (including phenoxy) is 1. The highest BCUT2D eigenvalue weighted by Gasteiger charge is 2.36. The molecular formula is C22H31N3O4. The molecule has 0 saturated heterocycles. The zero-order valence-electron chi connectivity index (χ0n) is 18.1. The zero-order chi connectivity index (χ0) is 21.8. The standard InChI is InChI=1S/C22H31N3O4/c1-7-13-25-14(3)17(19(26)29-8-2)18(24-21(25)28)15-9-11-16(12-10-15)23-20(27)22(4,5)6/h9-12,18H,7-8,13H2,1-6H3,(H,23,27)(H,24,28)/t18-/m0/s1. The molecule has 1 atom stereocenters. The summed E-state index contributed by atoms with van der Waals surface area (Å²) in [5.41, 5.74) is 1.92. The van der Waals surface area contributed by atoms with Crippen molar-refractivity contribution in [1.82, 2.24) is 10.2 Å². The van der Waals surface area contributed by atoms with Crippen molar-refractivity contribution in [3.8, 4) is 0 Å². The lowest BCUT2D eigenvalue weighted by Gasteiger charge is -2.35. The van der Waals surface area contributed by atoms with E-state index >= 15 is 0 Å². The van der Waals surface area contributed by atoms with E-state index in [0.717, 1.165) is 12.0 Å². The van der Waals surface area contributed by atoms with Gasteiger partial charge in [-0.25, -0.2) is 9.59 Å². The number of nitrogens with zero attached hydrogens (tertiary/aromatic N) is 1. The average Bonchev–Trinajstić information content (AvgIpc) is 2.64. The number of amides is 3. The Hall–Kier alpha value is -2.83. The molecule has 0 fully saturated rings. The lowest BCUT2D eigenvalue weighted by Crippen LogP contribution is -2.48. The molecule has 0 aromatic heterocycles. The van der Waals surface area contributed by atoms with E-state index in [1.807, 2.05) is 27.7 Å². The Balaban J connectivity index is 2.36. The molecule has 0 radical (unpaired) electrons. The summed E-state index contributed by atoms with van der Waals surface area (Å²) in [6, 6.07) is 6.27. The van der Waals surface area contributed by atoms with E-state index < -0.39 is 17.4 Å². The van der Waals surface area contributed by atoms with E-state index in [4.69, 9.17) is 4.74 Å². The number of urea groups is 1. The van der Waals surface area contributed by atoms with Gasteiger partial charge in [-0.3, -0.25) is 9.69 Å². The Bertz CT molecular complexity index is 806. The van der Waals surface area contributed by atoms with Crippen LogP contribution in [0, 0.1) is 5.41 Å². The van der Waals surface area contributed by atoms with Crippen molar-refractivity contribution in [2.45, 2.75) is 54.0 Å². The van der Waals surface area contributed by atoms with Crippen LogP contribution in [0.4, 0.5) is 10.5 Å². The fraction of sp³-hybridized carbons (Fsp3) is 0.500. The van der Waals surface area contributed by atoms with Crippen LogP contribution in [0.3, 0.4) is 0 Å². The zero-order valence-corrected chi connectivity index (χ0v) is 18.1. The van der Waals surface area contributed by atoms with E-state index in [1.54, 1.807) is 43.0 Å². The minimum absolute atomic E-state index is 0.0885. The SMILES string of the molecule is CCCN1C(=O)N[C@@H](c2ccc(NC(=O)C(C)(C)C)cc2)C(C(=O)OCC)=C1C. The van der Waals surface area contributed by atoms with Crippen LogP contribution in [-0.4, -0.2) is 36.0 Å². The van der Waals surface area contributed by atoms with Crippen LogP contribution in [0.5, 0.6) is 0 Å². The van der Waals surface area contributed by atoms with E-state index in [1.165, 1.54) is 0 Å². The number of benzene rings is 1. The van der Waals surface area contributed by atoms with E-state index in [9.17, 15) is 14.4 Å². The number of hydrogen-bond acceptors (Lipinski definition) is 4. The molecule has 7 nitrogen and oxygen atoms in total. The van der Waals surface area contributed by atoms with Crippen LogP contribution >= 0.6 is 0 Å². The summed E-state index contributed by atoms with van der Waals surface area (Å²) in [5.74, 6) is -0.532. The van der Waals surface area contributed by atoms with Gasteiger partial charge >= 0.3 is 12.0 Å². The third-order valence-electron chi connectivity index (χ3n) is 4.72. The van der Waals surface area contributed by atoms with Gasteiger partial charge in [0.15, 0.2) is 0 Å². The third-order valence-corrected chi connectivity index (χ3v) is 4.72. The van der Waals surface area contributed by atoms with Gasteiger partial charge in [-0.2, -0.15) is 0 Å². The molecule has 0 bridgehead atoms. The molecule has 7 heteroatoms. The van der Waals surface area contributed by atoms with Crippen molar-refractivity contribution < 1.29 is 19.1 Å². The first kappa shape index (κ1) is 22.5. The molecule has 1 aromatic rings. The maximum absolute atomic E-state index is 12.7. The number of rotatable bonds is 6. The summed E-state index contributed by atoms with van der Waals surface area (Å²) in [6.07, 6.45) is 0.772. The molecule has 2 N–H and O–H groups in total. The Morgan fingerprint density at radius 1 is 1.17 bits per heavy atom. The third kappa shape index (κ3) is 5.16. The van der Waals surface area contributed by atoms with Crippen molar-refractivity contribution in [2.75, 3.05) is 18.5 Å².